The number of rotatable bonds is 5. The maximum Gasteiger partial charge on any atom is -0.000740 e. The van der Waals surface area contributed by atoms with Gasteiger partial charge < -0.3 is 0 Å². The standard InChI is InChI=1S/C80H44.CH4/c1-5-17-45(18-6-1)51-27-15-28-52(46-19-7-2-8-20-46)73(51)55-31-34-60-68-44-70-69(43-67(68)54-30-16-29-53(55)74(54)60)71(47-21-9-3-10-22-47)79-63-39-37-58-56-32-35-61-65-41-49-25-13-14-26-50(49)42-66(65)62-36-33-57(75(56)77(61)62)59-38-40-64(78(63)76(58)59)80(79)72(70)48-23-11-4-12-24-48;/h1-44H;1H4. The molecule has 1 aliphatic carbocycles. The van der Waals surface area contributed by atoms with Crippen molar-refractivity contribution in [1.82, 2.24) is 0 Å². The van der Waals surface area contributed by atoms with Crippen LogP contribution in [0.3, 0.4) is 0 Å². The smallest absolute Gasteiger partial charge is 0.000740 e. The van der Waals surface area contributed by atoms with Gasteiger partial charge in [-0.05, 0) is 221 Å². The van der Waals surface area contributed by atoms with Crippen LogP contribution in [0.4, 0.5) is 0 Å². The van der Waals surface area contributed by atoms with Gasteiger partial charge in [0.25, 0.3) is 0 Å². The lowest BCUT2D eigenvalue weighted by atomic mass is 9.85. The molecule has 19 rings (SSSR count). The molecule has 0 radical (unpaired) electrons. The van der Waals surface area contributed by atoms with Crippen LogP contribution in [-0.2, 0) is 0 Å². The van der Waals surface area contributed by atoms with E-state index in [1.807, 2.05) is 0 Å². The molecule has 0 fully saturated rings. The second kappa shape index (κ2) is 16.3. The van der Waals surface area contributed by atoms with E-state index in [0.29, 0.717) is 0 Å². The second-order valence-electron chi connectivity index (χ2n) is 22.4. The van der Waals surface area contributed by atoms with Crippen molar-refractivity contribution in [2.24, 2.45) is 0 Å². The van der Waals surface area contributed by atoms with Gasteiger partial charge in [0.1, 0.15) is 0 Å². The molecular formula is C81H48. The molecule has 372 valence electrons. The topological polar surface area (TPSA) is 0 Å². The van der Waals surface area contributed by atoms with Gasteiger partial charge in [0.15, 0.2) is 0 Å². The molecule has 18 aromatic rings. The van der Waals surface area contributed by atoms with Gasteiger partial charge in [-0.1, -0.05) is 250 Å². The van der Waals surface area contributed by atoms with Gasteiger partial charge in [-0.25, -0.2) is 0 Å². The monoisotopic (exact) mass is 1020 g/mol. The van der Waals surface area contributed by atoms with E-state index in [4.69, 9.17) is 0 Å². The Labute approximate surface area is 468 Å². The third-order valence-corrected chi connectivity index (χ3v) is 18.6. The molecule has 0 amide bonds. The molecule has 81 heavy (non-hydrogen) atoms. The molecule has 18 aromatic carbocycles. The average molecular weight is 1020 g/mol. The third-order valence-electron chi connectivity index (χ3n) is 18.6. The molecule has 0 saturated carbocycles. The van der Waals surface area contributed by atoms with Crippen LogP contribution in [0.15, 0.2) is 267 Å². The van der Waals surface area contributed by atoms with Gasteiger partial charge >= 0.3 is 0 Å². The van der Waals surface area contributed by atoms with Crippen LogP contribution in [0, 0.1) is 0 Å². The van der Waals surface area contributed by atoms with E-state index in [0.717, 1.165) is 0 Å². The minimum absolute atomic E-state index is 0. The summed E-state index contributed by atoms with van der Waals surface area (Å²) in [5.41, 5.74) is 17.8. The zero-order chi connectivity index (χ0) is 51.9. The van der Waals surface area contributed by atoms with Gasteiger partial charge in [-0.2, -0.15) is 0 Å². The molecular weight excluding hydrogens is 973 g/mol. The van der Waals surface area contributed by atoms with Crippen LogP contribution in [0.5, 0.6) is 0 Å². The molecule has 0 saturated heterocycles. The van der Waals surface area contributed by atoms with E-state index in [1.165, 1.54) is 196 Å². The zero-order valence-electron chi connectivity index (χ0n) is 43.4. The van der Waals surface area contributed by atoms with Crippen molar-refractivity contribution in [3.63, 3.8) is 0 Å². The minimum atomic E-state index is 0. The lowest BCUT2D eigenvalue weighted by Gasteiger charge is -2.18. The van der Waals surface area contributed by atoms with Gasteiger partial charge in [0.2, 0.25) is 0 Å². The first kappa shape index (κ1) is 44.6. The Kier molecular flexibility index (Phi) is 8.99. The molecule has 0 heterocycles. The molecule has 0 aromatic heterocycles. The molecule has 0 nitrogen and oxygen atoms in total. The fraction of sp³-hybridized carbons (Fsp3) is 0.0123. The van der Waals surface area contributed by atoms with E-state index in [1.54, 1.807) is 0 Å². The summed E-state index contributed by atoms with van der Waals surface area (Å²) in [6.07, 6.45) is 0. The fourth-order valence-electron chi connectivity index (χ4n) is 15.4. The first-order valence-electron chi connectivity index (χ1n) is 28.1. The molecule has 0 atom stereocenters. The van der Waals surface area contributed by atoms with Crippen molar-refractivity contribution >= 4 is 118 Å². The van der Waals surface area contributed by atoms with Gasteiger partial charge in [0.05, 0.1) is 0 Å². The Morgan fingerprint density at radius 1 is 0.148 bits per heavy atom. The number of fused-ring (bicyclic) bond motifs is 13. The highest BCUT2D eigenvalue weighted by Crippen LogP contribution is 2.58. The lowest BCUT2D eigenvalue weighted by molar-refractivity contribution is 1.57. The Morgan fingerprint density at radius 2 is 0.506 bits per heavy atom. The van der Waals surface area contributed by atoms with Crippen molar-refractivity contribution in [1.29, 1.82) is 0 Å². The van der Waals surface area contributed by atoms with Crippen LogP contribution < -0.4 is 0 Å². The first-order chi connectivity index (χ1) is 39.7. The highest BCUT2D eigenvalue weighted by Gasteiger charge is 2.30. The Bertz CT molecular complexity index is 5360. The number of hydrogen-bond acceptors (Lipinski definition) is 0. The maximum absolute atomic E-state index is 2.57. The van der Waals surface area contributed by atoms with Crippen molar-refractivity contribution in [3.05, 3.63) is 267 Å². The Hall–Kier alpha value is -10.4. The van der Waals surface area contributed by atoms with Crippen molar-refractivity contribution < 1.29 is 0 Å². The third kappa shape index (κ3) is 5.83. The summed E-state index contributed by atoms with van der Waals surface area (Å²) in [6, 6.07) is 101. The van der Waals surface area contributed by atoms with E-state index in [2.05, 4.69) is 267 Å². The predicted octanol–water partition coefficient (Wildman–Crippen LogP) is 23.3. The van der Waals surface area contributed by atoms with E-state index < -0.39 is 0 Å². The lowest BCUT2D eigenvalue weighted by Crippen LogP contribution is -1.91. The van der Waals surface area contributed by atoms with Crippen molar-refractivity contribution in [2.75, 3.05) is 0 Å². The van der Waals surface area contributed by atoms with Crippen molar-refractivity contribution in [2.45, 2.75) is 7.43 Å². The minimum Gasteiger partial charge on any atom is -0.0776 e. The molecule has 0 unspecified atom stereocenters. The summed E-state index contributed by atoms with van der Waals surface area (Å²) in [6.45, 7) is 0. The Morgan fingerprint density at radius 3 is 1.00 bits per heavy atom. The largest absolute Gasteiger partial charge is 0.0776 e. The average Bonchev–Trinajstić information content (AvgIpc) is 3.05. The maximum atomic E-state index is 2.57. The van der Waals surface area contributed by atoms with Crippen LogP contribution in [0.25, 0.3) is 196 Å². The summed E-state index contributed by atoms with van der Waals surface area (Å²) in [5.74, 6) is 0. The molecule has 0 N–H and O–H groups in total. The summed E-state index contributed by atoms with van der Waals surface area (Å²) in [4.78, 5) is 0. The zero-order valence-corrected chi connectivity index (χ0v) is 43.4. The first-order valence-corrected chi connectivity index (χ1v) is 28.1. The van der Waals surface area contributed by atoms with E-state index in [-0.39, 0.29) is 7.43 Å². The van der Waals surface area contributed by atoms with Crippen LogP contribution in [-0.4, -0.2) is 0 Å². The van der Waals surface area contributed by atoms with Gasteiger partial charge in [-0.15, -0.1) is 0 Å². The van der Waals surface area contributed by atoms with E-state index in [9.17, 15) is 0 Å². The number of benzene rings is 16. The second-order valence-corrected chi connectivity index (χ2v) is 22.4. The summed E-state index contributed by atoms with van der Waals surface area (Å²) in [5, 5.41) is 28.9. The molecule has 0 aliphatic heterocycles. The summed E-state index contributed by atoms with van der Waals surface area (Å²) < 4.78 is 0. The highest BCUT2D eigenvalue weighted by molar-refractivity contribution is 6.47. The summed E-state index contributed by atoms with van der Waals surface area (Å²) >= 11 is 0. The molecule has 0 heteroatoms. The van der Waals surface area contributed by atoms with Crippen LogP contribution >= 0.6 is 0 Å². The Balaban J connectivity index is 0.00000505. The van der Waals surface area contributed by atoms with Crippen LogP contribution in [0.1, 0.15) is 7.43 Å². The van der Waals surface area contributed by atoms with Crippen LogP contribution in [0.2, 0.25) is 0 Å². The molecule has 0 spiro atoms. The summed E-state index contributed by atoms with van der Waals surface area (Å²) in [7, 11) is 0. The van der Waals surface area contributed by atoms with Gasteiger partial charge in [-0.3, -0.25) is 0 Å². The van der Waals surface area contributed by atoms with Crippen molar-refractivity contribution in [3.8, 4) is 77.9 Å². The molecule has 0 bridgehead atoms. The fourth-order valence-corrected chi connectivity index (χ4v) is 15.4. The predicted molar refractivity (Wildman–Crippen MR) is 351 cm³/mol. The van der Waals surface area contributed by atoms with Gasteiger partial charge in [0, 0.05) is 0 Å². The molecule has 1 aliphatic rings. The highest BCUT2D eigenvalue weighted by atomic mass is 14.3. The quantitative estimate of drug-likeness (QED) is 0.119. The number of hydrogen-bond donors (Lipinski definition) is 0. The SMILES string of the molecule is C.c1ccc(-c2cccc(-c3ccccc3)c2-c2ccc3c4cc5c(-c6ccccc6)c6c7ccc8c9ccc%10c%11c(ccc(c%12ccc(c6c(-c6ccccc6)c5cc4c4cccc2c43)c7c%128)c%119)-c2cc3ccccc3cc2-%10)cc1. The normalized spacial score (nSPS) is 12.3. The van der Waals surface area contributed by atoms with E-state index >= 15 is 0 Å².